The van der Waals surface area contributed by atoms with Gasteiger partial charge in [0.15, 0.2) is 0 Å². The van der Waals surface area contributed by atoms with Gasteiger partial charge in [0.05, 0.1) is 12.2 Å². The Bertz CT molecular complexity index is 426. The van der Waals surface area contributed by atoms with E-state index in [1.54, 1.807) is 19.1 Å². The molecule has 0 bridgehead atoms. The molecule has 1 rings (SSSR count). The standard InChI is InChI=1S/C12H14F3NO3/c1-8-4-9(6-10(16)5-8)11(17)19-3-2-18-7-12(13,14)15/h4-6H,2-3,7,16H2,1H3. The first-order chi connectivity index (χ1) is 8.78. The van der Waals surface area contributed by atoms with Gasteiger partial charge < -0.3 is 15.2 Å². The van der Waals surface area contributed by atoms with E-state index in [0.717, 1.165) is 5.56 Å². The number of rotatable bonds is 5. The molecule has 0 aromatic heterocycles. The molecule has 1 aromatic rings. The number of aryl methyl sites for hydroxylation is 1. The summed E-state index contributed by atoms with van der Waals surface area (Å²) in [4.78, 5) is 11.6. The zero-order valence-electron chi connectivity index (χ0n) is 10.3. The maximum atomic E-state index is 11.7. The van der Waals surface area contributed by atoms with Crippen LogP contribution in [-0.4, -0.2) is 32.0 Å². The Morgan fingerprint density at radius 2 is 1.95 bits per heavy atom. The zero-order valence-corrected chi connectivity index (χ0v) is 10.3. The molecule has 0 heterocycles. The fourth-order valence-corrected chi connectivity index (χ4v) is 1.40. The highest BCUT2D eigenvalue weighted by Gasteiger charge is 2.27. The molecular formula is C12H14F3NO3. The molecule has 0 radical (unpaired) electrons. The summed E-state index contributed by atoms with van der Waals surface area (Å²) in [5, 5.41) is 0. The Balaban J connectivity index is 2.35. The smallest absolute Gasteiger partial charge is 0.411 e. The molecular weight excluding hydrogens is 263 g/mol. The van der Waals surface area contributed by atoms with E-state index in [0.29, 0.717) is 5.69 Å². The lowest BCUT2D eigenvalue weighted by molar-refractivity contribution is -0.175. The van der Waals surface area contributed by atoms with Gasteiger partial charge in [0, 0.05) is 5.69 Å². The van der Waals surface area contributed by atoms with Crippen molar-refractivity contribution in [2.75, 3.05) is 25.6 Å². The van der Waals surface area contributed by atoms with Crippen molar-refractivity contribution in [2.24, 2.45) is 0 Å². The molecule has 0 spiro atoms. The highest BCUT2D eigenvalue weighted by Crippen LogP contribution is 2.14. The van der Waals surface area contributed by atoms with Gasteiger partial charge in [-0.15, -0.1) is 0 Å². The summed E-state index contributed by atoms with van der Waals surface area (Å²) in [6, 6.07) is 4.70. The number of nitrogens with two attached hydrogens (primary N) is 1. The Morgan fingerprint density at radius 1 is 1.26 bits per heavy atom. The summed E-state index contributed by atoms with van der Waals surface area (Å²) in [7, 11) is 0. The number of benzene rings is 1. The van der Waals surface area contributed by atoms with E-state index >= 15 is 0 Å². The van der Waals surface area contributed by atoms with Crippen LogP contribution in [0.2, 0.25) is 0 Å². The Kier molecular flexibility index (Phi) is 5.17. The van der Waals surface area contributed by atoms with Crippen LogP contribution in [-0.2, 0) is 9.47 Å². The van der Waals surface area contributed by atoms with Crippen molar-refractivity contribution >= 4 is 11.7 Å². The summed E-state index contributed by atoms with van der Waals surface area (Å²) < 4.78 is 44.3. The van der Waals surface area contributed by atoms with Gasteiger partial charge in [0.2, 0.25) is 0 Å². The van der Waals surface area contributed by atoms with Crippen molar-refractivity contribution in [3.05, 3.63) is 29.3 Å². The lowest BCUT2D eigenvalue weighted by atomic mass is 10.1. The number of hydrogen-bond donors (Lipinski definition) is 1. The summed E-state index contributed by atoms with van der Waals surface area (Å²) in [6.07, 6.45) is -4.38. The monoisotopic (exact) mass is 277 g/mol. The van der Waals surface area contributed by atoms with E-state index in [-0.39, 0.29) is 18.8 Å². The Morgan fingerprint density at radius 3 is 2.53 bits per heavy atom. The van der Waals surface area contributed by atoms with Crippen molar-refractivity contribution in [1.29, 1.82) is 0 Å². The van der Waals surface area contributed by atoms with Gasteiger partial charge in [0.25, 0.3) is 0 Å². The lowest BCUT2D eigenvalue weighted by Crippen LogP contribution is -2.19. The predicted octanol–water partition coefficient (Wildman–Crippen LogP) is 2.31. The number of ether oxygens (including phenoxy) is 2. The van der Waals surface area contributed by atoms with Gasteiger partial charge >= 0.3 is 12.1 Å². The predicted molar refractivity (Wildman–Crippen MR) is 62.7 cm³/mol. The highest BCUT2D eigenvalue weighted by atomic mass is 19.4. The summed E-state index contributed by atoms with van der Waals surface area (Å²) in [5.41, 5.74) is 7.03. The Hall–Kier alpha value is -1.76. The molecule has 0 aliphatic carbocycles. The number of carbonyl (C=O) groups excluding carboxylic acids is 1. The van der Waals surface area contributed by atoms with Crippen molar-refractivity contribution < 1.29 is 27.4 Å². The number of anilines is 1. The first-order valence-electron chi connectivity index (χ1n) is 5.47. The summed E-state index contributed by atoms with van der Waals surface area (Å²) in [5.74, 6) is -0.647. The second-order valence-electron chi connectivity index (χ2n) is 3.94. The van der Waals surface area contributed by atoms with Gasteiger partial charge in [-0.05, 0) is 30.7 Å². The molecule has 0 unspecified atom stereocenters. The average molecular weight is 277 g/mol. The van der Waals surface area contributed by atoms with Gasteiger partial charge in [-0.2, -0.15) is 13.2 Å². The van der Waals surface area contributed by atoms with Crippen LogP contribution >= 0.6 is 0 Å². The molecule has 0 fully saturated rings. The molecule has 0 saturated heterocycles. The molecule has 1 aromatic carbocycles. The number of nitrogen functional groups attached to an aromatic ring is 1. The van der Waals surface area contributed by atoms with Crippen LogP contribution in [0.4, 0.5) is 18.9 Å². The summed E-state index contributed by atoms with van der Waals surface area (Å²) in [6.45, 7) is -0.156. The molecule has 0 atom stereocenters. The van der Waals surface area contributed by atoms with Crippen molar-refractivity contribution in [2.45, 2.75) is 13.1 Å². The molecule has 0 aliphatic rings. The van der Waals surface area contributed by atoms with Crippen molar-refractivity contribution in [3.63, 3.8) is 0 Å². The summed E-state index contributed by atoms with van der Waals surface area (Å²) >= 11 is 0. The molecule has 106 valence electrons. The van der Waals surface area contributed by atoms with Crippen LogP contribution in [0.1, 0.15) is 15.9 Å². The molecule has 19 heavy (non-hydrogen) atoms. The van der Waals surface area contributed by atoms with Crippen molar-refractivity contribution in [3.8, 4) is 0 Å². The third-order valence-electron chi connectivity index (χ3n) is 2.06. The van der Waals surface area contributed by atoms with E-state index < -0.39 is 18.8 Å². The largest absolute Gasteiger partial charge is 0.460 e. The first kappa shape index (κ1) is 15.3. The molecule has 4 nitrogen and oxygen atoms in total. The topological polar surface area (TPSA) is 61.6 Å². The number of carbonyl (C=O) groups is 1. The fraction of sp³-hybridized carbons (Fsp3) is 0.417. The minimum absolute atomic E-state index is 0.247. The minimum atomic E-state index is -4.38. The van der Waals surface area contributed by atoms with E-state index in [1.165, 1.54) is 6.07 Å². The molecule has 0 aliphatic heterocycles. The first-order valence-corrected chi connectivity index (χ1v) is 5.47. The van der Waals surface area contributed by atoms with Crippen LogP contribution < -0.4 is 5.73 Å². The molecule has 0 amide bonds. The second-order valence-corrected chi connectivity index (χ2v) is 3.94. The fourth-order valence-electron chi connectivity index (χ4n) is 1.40. The van der Waals surface area contributed by atoms with Crippen LogP contribution in [0.3, 0.4) is 0 Å². The van der Waals surface area contributed by atoms with E-state index in [4.69, 9.17) is 10.5 Å². The van der Waals surface area contributed by atoms with Gasteiger partial charge in [0.1, 0.15) is 13.2 Å². The van der Waals surface area contributed by atoms with Gasteiger partial charge in [-0.1, -0.05) is 0 Å². The number of halogens is 3. The molecule has 2 N–H and O–H groups in total. The third-order valence-corrected chi connectivity index (χ3v) is 2.06. The van der Waals surface area contributed by atoms with E-state index in [2.05, 4.69) is 4.74 Å². The normalized spacial score (nSPS) is 11.4. The molecule has 0 saturated carbocycles. The minimum Gasteiger partial charge on any atom is -0.460 e. The van der Waals surface area contributed by atoms with E-state index in [1.807, 2.05) is 0 Å². The SMILES string of the molecule is Cc1cc(N)cc(C(=O)OCCOCC(F)(F)F)c1. The highest BCUT2D eigenvalue weighted by molar-refractivity contribution is 5.90. The Labute approximate surface area is 108 Å². The zero-order chi connectivity index (χ0) is 14.5. The second kappa shape index (κ2) is 6.42. The lowest BCUT2D eigenvalue weighted by Gasteiger charge is -2.09. The maximum absolute atomic E-state index is 11.7. The van der Waals surface area contributed by atoms with Gasteiger partial charge in [-0.25, -0.2) is 4.79 Å². The van der Waals surface area contributed by atoms with Crippen LogP contribution in [0.25, 0.3) is 0 Å². The number of alkyl halides is 3. The van der Waals surface area contributed by atoms with Crippen molar-refractivity contribution in [1.82, 2.24) is 0 Å². The quantitative estimate of drug-likeness (QED) is 0.509. The average Bonchev–Trinajstić information content (AvgIpc) is 2.25. The van der Waals surface area contributed by atoms with Crippen LogP contribution in [0.15, 0.2) is 18.2 Å². The van der Waals surface area contributed by atoms with Gasteiger partial charge in [-0.3, -0.25) is 0 Å². The third kappa shape index (κ3) is 6.10. The van der Waals surface area contributed by atoms with E-state index in [9.17, 15) is 18.0 Å². The number of hydrogen-bond acceptors (Lipinski definition) is 4. The van der Waals surface area contributed by atoms with Crippen LogP contribution in [0, 0.1) is 6.92 Å². The van der Waals surface area contributed by atoms with Crippen LogP contribution in [0.5, 0.6) is 0 Å². The number of esters is 1. The maximum Gasteiger partial charge on any atom is 0.411 e. The molecule has 7 heteroatoms.